The zero-order chi connectivity index (χ0) is 16.0. The van der Waals surface area contributed by atoms with Crippen molar-refractivity contribution in [1.82, 2.24) is 5.32 Å². The standard InChI is InChI=1S/C15H24N2O4/c1-15(2,3)21-14(20)17-9-8-12(18)13(19)10-6-4-5-7-11(10)16/h4-7,12-13,18-19H,8-9,16H2,1-3H3,(H,17,20). The average Bonchev–Trinajstić information content (AvgIpc) is 2.36. The highest BCUT2D eigenvalue weighted by Crippen LogP contribution is 2.23. The number of benzene rings is 1. The number of alkyl carbamates (subject to hydrolysis) is 1. The van der Waals surface area contributed by atoms with Crippen molar-refractivity contribution < 1.29 is 19.7 Å². The zero-order valence-electron chi connectivity index (χ0n) is 12.7. The summed E-state index contributed by atoms with van der Waals surface area (Å²) in [6.45, 7) is 5.50. The van der Waals surface area contributed by atoms with Crippen LogP contribution in [-0.4, -0.2) is 34.6 Å². The third kappa shape index (κ3) is 6.01. The van der Waals surface area contributed by atoms with E-state index < -0.39 is 23.9 Å². The second kappa shape index (κ2) is 7.28. The summed E-state index contributed by atoms with van der Waals surface area (Å²) < 4.78 is 5.07. The summed E-state index contributed by atoms with van der Waals surface area (Å²) in [5.41, 5.74) is 6.07. The van der Waals surface area contributed by atoms with Crippen molar-refractivity contribution in [3.05, 3.63) is 29.8 Å². The van der Waals surface area contributed by atoms with E-state index in [1.807, 2.05) is 0 Å². The fraction of sp³-hybridized carbons (Fsp3) is 0.533. The van der Waals surface area contributed by atoms with Gasteiger partial charge in [0.2, 0.25) is 0 Å². The van der Waals surface area contributed by atoms with Gasteiger partial charge in [-0.05, 0) is 33.3 Å². The first-order chi connectivity index (χ1) is 9.70. The van der Waals surface area contributed by atoms with Crippen molar-refractivity contribution >= 4 is 11.8 Å². The van der Waals surface area contributed by atoms with E-state index in [9.17, 15) is 15.0 Å². The molecular formula is C15H24N2O4. The molecule has 1 amide bonds. The Bertz CT molecular complexity index is 471. The summed E-state index contributed by atoms with van der Waals surface area (Å²) in [6, 6.07) is 6.80. The molecule has 0 saturated heterocycles. The Morgan fingerprint density at radius 1 is 1.33 bits per heavy atom. The second-order valence-electron chi connectivity index (χ2n) is 5.86. The van der Waals surface area contributed by atoms with Crippen molar-refractivity contribution in [2.24, 2.45) is 0 Å². The van der Waals surface area contributed by atoms with Crippen LogP contribution in [-0.2, 0) is 4.74 Å². The molecule has 0 bridgehead atoms. The van der Waals surface area contributed by atoms with Crippen molar-refractivity contribution in [2.75, 3.05) is 12.3 Å². The van der Waals surface area contributed by atoms with Crippen LogP contribution in [0.25, 0.3) is 0 Å². The monoisotopic (exact) mass is 296 g/mol. The molecule has 0 aliphatic heterocycles. The van der Waals surface area contributed by atoms with Crippen LogP contribution in [0.3, 0.4) is 0 Å². The molecule has 5 N–H and O–H groups in total. The summed E-state index contributed by atoms with van der Waals surface area (Å²) in [5.74, 6) is 0. The SMILES string of the molecule is CC(C)(C)OC(=O)NCCC(O)C(O)c1ccccc1N. The molecule has 118 valence electrons. The predicted molar refractivity (Wildman–Crippen MR) is 80.7 cm³/mol. The number of para-hydroxylation sites is 1. The maximum Gasteiger partial charge on any atom is 0.407 e. The van der Waals surface area contributed by atoms with Crippen molar-refractivity contribution in [1.29, 1.82) is 0 Å². The van der Waals surface area contributed by atoms with Gasteiger partial charge in [-0.1, -0.05) is 18.2 Å². The van der Waals surface area contributed by atoms with Gasteiger partial charge in [0.15, 0.2) is 0 Å². The molecule has 1 aromatic rings. The molecule has 0 fully saturated rings. The minimum Gasteiger partial charge on any atom is -0.444 e. The molecule has 6 heteroatoms. The number of carbonyl (C=O) groups excluding carboxylic acids is 1. The molecule has 1 aromatic carbocycles. The highest BCUT2D eigenvalue weighted by Gasteiger charge is 2.21. The zero-order valence-corrected chi connectivity index (χ0v) is 12.7. The lowest BCUT2D eigenvalue weighted by atomic mass is 10.0. The van der Waals surface area contributed by atoms with Crippen LogP contribution in [0.1, 0.15) is 38.9 Å². The third-order valence-electron chi connectivity index (χ3n) is 2.79. The molecule has 0 radical (unpaired) electrons. The number of carbonyl (C=O) groups is 1. The molecule has 6 nitrogen and oxygen atoms in total. The van der Waals surface area contributed by atoms with E-state index in [0.717, 1.165) is 0 Å². The van der Waals surface area contributed by atoms with E-state index >= 15 is 0 Å². The minimum absolute atomic E-state index is 0.189. The van der Waals surface area contributed by atoms with Crippen molar-refractivity contribution in [3.63, 3.8) is 0 Å². The van der Waals surface area contributed by atoms with Crippen LogP contribution >= 0.6 is 0 Å². The highest BCUT2D eigenvalue weighted by atomic mass is 16.6. The fourth-order valence-electron chi connectivity index (χ4n) is 1.78. The first-order valence-corrected chi connectivity index (χ1v) is 6.88. The van der Waals surface area contributed by atoms with E-state index in [4.69, 9.17) is 10.5 Å². The number of rotatable bonds is 5. The number of ether oxygens (including phenoxy) is 1. The number of amides is 1. The normalized spacial score (nSPS) is 14.3. The van der Waals surface area contributed by atoms with Crippen LogP contribution in [0.5, 0.6) is 0 Å². The molecule has 0 aliphatic carbocycles. The van der Waals surface area contributed by atoms with Gasteiger partial charge in [-0.3, -0.25) is 0 Å². The first-order valence-electron chi connectivity index (χ1n) is 6.88. The first kappa shape index (κ1) is 17.3. The number of hydrogen-bond donors (Lipinski definition) is 4. The van der Waals surface area contributed by atoms with Gasteiger partial charge in [0.25, 0.3) is 0 Å². The number of hydrogen-bond acceptors (Lipinski definition) is 5. The maximum absolute atomic E-state index is 11.4. The lowest BCUT2D eigenvalue weighted by molar-refractivity contribution is 0.0127. The lowest BCUT2D eigenvalue weighted by Crippen LogP contribution is -2.34. The van der Waals surface area contributed by atoms with Gasteiger partial charge in [-0.2, -0.15) is 0 Å². The van der Waals surface area contributed by atoms with Gasteiger partial charge < -0.3 is 26.0 Å². The summed E-state index contributed by atoms with van der Waals surface area (Å²) >= 11 is 0. The number of aliphatic hydroxyl groups excluding tert-OH is 2. The number of nitrogens with one attached hydrogen (secondary N) is 1. The number of anilines is 1. The highest BCUT2D eigenvalue weighted by molar-refractivity contribution is 5.67. The largest absolute Gasteiger partial charge is 0.444 e. The topological polar surface area (TPSA) is 105 Å². The summed E-state index contributed by atoms with van der Waals surface area (Å²) in [5, 5.41) is 22.5. The smallest absolute Gasteiger partial charge is 0.407 e. The molecule has 21 heavy (non-hydrogen) atoms. The van der Waals surface area contributed by atoms with E-state index in [1.54, 1.807) is 45.0 Å². The van der Waals surface area contributed by atoms with Crippen LogP contribution < -0.4 is 11.1 Å². The molecule has 0 aliphatic rings. The Hall–Kier alpha value is -1.79. The van der Waals surface area contributed by atoms with Gasteiger partial charge in [0, 0.05) is 17.8 Å². The van der Waals surface area contributed by atoms with Gasteiger partial charge in [-0.15, -0.1) is 0 Å². The number of aliphatic hydroxyl groups is 2. The molecule has 2 unspecified atom stereocenters. The number of nitrogens with two attached hydrogens (primary N) is 1. The Labute approximate surface area is 124 Å². The Balaban J connectivity index is 2.42. The van der Waals surface area contributed by atoms with Crippen LogP contribution in [0, 0.1) is 0 Å². The molecule has 0 saturated carbocycles. The van der Waals surface area contributed by atoms with Gasteiger partial charge in [0.05, 0.1) is 6.10 Å². The Morgan fingerprint density at radius 3 is 2.52 bits per heavy atom. The van der Waals surface area contributed by atoms with Crippen LogP contribution in [0.2, 0.25) is 0 Å². The van der Waals surface area contributed by atoms with Crippen LogP contribution in [0.4, 0.5) is 10.5 Å². The van der Waals surface area contributed by atoms with Crippen LogP contribution in [0.15, 0.2) is 24.3 Å². The molecule has 0 heterocycles. The fourth-order valence-corrected chi connectivity index (χ4v) is 1.78. The molecular weight excluding hydrogens is 272 g/mol. The van der Waals surface area contributed by atoms with E-state index in [-0.39, 0.29) is 13.0 Å². The van der Waals surface area contributed by atoms with Crippen molar-refractivity contribution in [2.45, 2.75) is 45.0 Å². The van der Waals surface area contributed by atoms with Gasteiger partial charge in [-0.25, -0.2) is 4.79 Å². The second-order valence-corrected chi connectivity index (χ2v) is 5.86. The summed E-state index contributed by atoms with van der Waals surface area (Å²) in [7, 11) is 0. The van der Waals surface area contributed by atoms with Gasteiger partial charge >= 0.3 is 6.09 Å². The van der Waals surface area contributed by atoms with E-state index in [0.29, 0.717) is 11.3 Å². The van der Waals surface area contributed by atoms with Gasteiger partial charge in [0.1, 0.15) is 11.7 Å². The molecule has 0 spiro atoms. The lowest BCUT2D eigenvalue weighted by Gasteiger charge is -2.21. The molecule has 2 atom stereocenters. The summed E-state index contributed by atoms with van der Waals surface area (Å²) in [6.07, 6.45) is -2.48. The van der Waals surface area contributed by atoms with Crippen molar-refractivity contribution in [3.8, 4) is 0 Å². The molecule has 0 aromatic heterocycles. The Kier molecular flexibility index (Phi) is 5.99. The average molecular weight is 296 g/mol. The third-order valence-corrected chi connectivity index (χ3v) is 2.79. The molecule has 1 rings (SSSR count). The summed E-state index contributed by atoms with van der Waals surface area (Å²) in [4.78, 5) is 11.4. The quantitative estimate of drug-likeness (QED) is 0.617. The predicted octanol–water partition coefficient (Wildman–Crippen LogP) is 1.58. The Morgan fingerprint density at radius 2 is 1.95 bits per heavy atom. The number of nitrogen functional groups attached to an aromatic ring is 1. The minimum atomic E-state index is -1.09. The van der Waals surface area contributed by atoms with E-state index in [2.05, 4.69) is 5.32 Å². The van der Waals surface area contributed by atoms with E-state index in [1.165, 1.54) is 0 Å². The maximum atomic E-state index is 11.4.